The summed E-state index contributed by atoms with van der Waals surface area (Å²) in [5.74, 6) is 2.16. The number of rotatable bonds is 6. The van der Waals surface area contributed by atoms with Crippen LogP contribution in [0.15, 0.2) is 48.2 Å². The Kier molecular flexibility index (Phi) is 5.77. The van der Waals surface area contributed by atoms with Crippen LogP contribution in [0, 0.1) is 5.92 Å². The van der Waals surface area contributed by atoms with Gasteiger partial charge in [-0.15, -0.1) is 0 Å². The molecule has 6 nitrogen and oxygen atoms in total. The first-order valence-electron chi connectivity index (χ1n) is 11.2. The number of nitrogens with one attached hydrogen (secondary N) is 2. The molecule has 1 saturated heterocycles. The Morgan fingerprint density at radius 3 is 2.88 bits per heavy atom. The van der Waals surface area contributed by atoms with Crippen LogP contribution in [0.3, 0.4) is 0 Å². The van der Waals surface area contributed by atoms with Crippen molar-refractivity contribution in [3.8, 4) is 11.5 Å². The van der Waals surface area contributed by atoms with E-state index in [1.807, 2.05) is 36.4 Å². The molecule has 0 aliphatic carbocycles. The number of allylic oxidation sites excluding steroid dienone is 2. The van der Waals surface area contributed by atoms with Crippen LogP contribution in [0.5, 0.6) is 11.5 Å². The molecule has 5 rings (SSSR count). The second-order valence-corrected chi connectivity index (χ2v) is 8.33. The smallest absolute Gasteiger partial charge is 0.232 e. The number of carbonyl (C=O) groups is 1. The summed E-state index contributed by atoms with van der Waals surface area (Å²) in [6.07, 6.45) is 10.5. The fraction of sp³-hybridized carbons (Fsp3) is 0.308. The molecule has 0 unspecified atom stereocenters. The highest BCUT2D eigenvalue weighted by Gasteiger charge is 2.31. The maximum atomic E-state index is 13.0. The molecule has 1 aromatic heterocycles. The van der Waals surface area contributed by atoms with E-state index < -0.39 is 0 Å². The molecule has 6 heteroatoms. The van der Waals surface area contributed by atoms with Gasteiger partial charge < -0.3 is 14.8 Å². The first-order valence-corrected chi connectivity index (χ1v) is 11.2. The number of carbonyl (C=O) groups excluding carboxylic acids is 1. The summed E-state index contributed by atoms with van der Waals surface area (Å²) in [5.41, 5.74) is 2.96. The number of piperidine rings is 1. The number of Topliss-reactive ketones (excluding diaryl/α,β-unsaturated/α-hetero) is 1. The third-order valence-electron chi connectivity index (χ3n) is 6.31. The van der Waals surface area contributed by atoms with Crippen molar-refractivity contribution >= 4 is 28.8 Å². The van der Waals surface area contributed by atoms with Gasteiger partial charge in [-0.3, -0.25) is 9.89 Å². The Labute approximate surface area is 187 Å². The Morgan fingerprint density at radius 1 is 1.19 bits per heavy atom. The lowest BCUT2D eigenvalue weighted by molar-refractivity contribution is 0.101. The maximum absolute atomic E-state index is 13.0. The van der Waals surface area contributed by atoms with Crippen LogP contribution in [0.2, 0.25) is 0 Å². The lowest BCUT2D eigenvalue weighted by atomic mass is 9.93. The Bertz CT molecular complexity index is 1200. The summed E-state index contributed by atoms with van der Waals surface area (Å²) in [5, 5.41) is 11.7. The third-order valence-corrected chi connectivity index (χ3v) is 6.31. The molecule has 2 aliphatic rings. The average Bonchev–Trinajstić information content (AvgIpc) is 3.39. The van der Waals surface area contributed by atoms with Crippen molar-refractivity contribution in [2.45, 2.75) is 25.7 Å². The molecule has 0 radical (unpaired) electrons. The predicted molar refractivity (Wildman–Crippen MR) is 126 cm³/mol. The first-order chi connectivity index (χ1) is 15.7. The van der Waals surface area contributed by atoms with Gasteiger partial charge in [0.1, 0.15) is 11.5 Å². The summed E-state index contributed by atoms with van der Waals surface area (Å²) in [6.45, 7) is 2.23. The van der Waals surface area contributed by atoms with Crippen LogP contribution in [0.4, 0.5) is 0 Å². The van der Waals surface area contributed by atoms with E-state index in [1.54, 1.807) is 19.3 Å². The minimum absolute atomic E-state index is 0.140. The van der Waals surface area contributed by atoms with Gasteiger partial charge in [-0.25, -0.2) is 0 Å². The van der Waals surface area contributed by atoms with Crippen LogP contribution < -0.4 is 14.8 Å². The minimum Gasteiger partial charge on any atom is -0.496 e. The number of ketones is 1. The van der Waals surface area contributed by atoms with Crippen LogP contribution in [0.25, 0.3) is 23.1 Å². The van der Waals surface area contributed by atoms with Crippen molar-refractivity contribution in [3.63, 3.8) is 0 Å². The van der Waals surface area contributed by atoms with Gasteiger partial charge in [0.05, 0.1) is 29.4 Å². The fourth-order valence-corrected chi connectivity index (χ4v) is 4.51. The SMILES string of the molecule is COc1ccc2c(c1C=CCCC1CCNCC1)OC(=Cc1n[nH]c3ccccc13)C2=O. The van der Waals surface area contributed by atoms with Crippen molar-refractivity contribution in [2.75, 3.05) is 20.2 Å². The van der Waals surface area contributed by atoms with Crippen molar-refractivity contribution in [1.29, 1.82) is 0 Å². The number of para-hydroxylation sites is 1. The molecule has 2 aromatic carbocycles. The van der Waals surface area contributed by atoms with Crippen molar-refractivity contribution in [2.24, 2.45) is 5.92 Å². The van der Waals surface area contributed by atoms with Gasteiger partial charge in [0.2, 0.25) is 5.78 Å². The van der Waals surface area contributed by atoms with E-state index in [2.05, 4.69) is 21.6 Å². The zero-order valence-electron chi connectivity index (χ0n) is 18.2. The Morgan fingerprint density at radius 2 is 2.03 bits per heavy atom. The molecule has 0 atom stereocenters. The number of fused-ring (bicyclic) bond motifs is 2. The Balaban J connectivity index is 1.40. The van der Waals surface area contributed by atoms with E-state index in [-0.39, 0.29) is 11.5 Å². The van der Waals surface area contributed by atoms with Crippen molar-refractivity contribution < 1.29 is 14.3 Å². The first kappa shape index (κ1) is 20.5. The van der Waals surface area contributed by atoms with Gasteiger partial charge in [0, 0.05) is 11.5 Å². The van der Waals surface area contributed by atoms with Crippen LogP contribution in [0.1, 0.15) is 47.3 Å². The number of hydrogen-bond donors (Lipinski definition) is 2. The lowest BCUT2D eigenvalue weighted by Crippen LogP contribution is -2.27. The van der Waals surface area contributed by atoms with E-state index in [4.69, 9.17) is 9.47 Å². The minimum atomic E-state index is -0.140. The number of hydrogen-bond acceptors (Lipinski definition) is 5. The number of nitrogens with zero attached hydrogens (tertiary/aromatic N) is 1. The van der Waals surface area contributed by atoms with E-state index >= 15 is 0 Å². The molecule has 2 aliphatic heterocycles. The number of aromatic amines is 1. The van der Waals surface area contributed by atoms with Crippen molar-refractivity contribution in [1.82, 2.24) is 15.5 Å². The molecule has 3 heterocycles. The molecule has 3 aromatic rings. The summed E-state index contributed by atoms with van der Waals surface area (Å²) in [4.78, 5) is 13.0. The molecular formula is C26H27N3O3. The number of aromatic nitrogens is 2. The standard InChI is InChI=1S/C26H27N3O3/c1-31-23-11-10-20-25(30)24(16-22-18-7-4-5-9-21(18)28-29-22)32-26(20)19(23)8-3-2-6-17-12-14-27-15-13-17/h3-5,7-11,16-17,27H,2,6,12-15H2,1H3,(H,28,29). The summed E-state index contributed by atoms with van der Waals surface area (Å²) < 4.78 is 11.6. The molecule has 0 spiro atoms. The van der Waals surface area contributed by atoms with Gasteiger partial charge in [-0.05, 0) is 62.9 Å². The highest BCUT2D eigenvalue weighted by atomic mass is 16.5. The largest absolute Gasteiger partial charge is 0.496 e. The van der Waals surface area contributed by atoms with Gasteiger partial charge >= 0.3 is 0 Å². The van der Waals surface area contributed by atoms with E-state index in [0.29, 0.717) is 22.8 Å². The predicted octanol–water partition coefficient (Wildman–Crippen LogP) is 4.98. The normalized spacial score (nSPS) is 17.9. The van der Waals surface area contributed by atoms with Crippen LogP contribution >= 0.6 is 0 Å². The third kappa shape index (κ3) is 3.94. The van der Waals surface area contributed by atoms with E-state index in [9.17, 15) is 4.79 Å². The molecule has 0 amide bonds. The maximum Gasteiger partial charge on any atom is 0.232 e. The number of benzene rings is 2. The zero-order chi connectivity index (χ0) is 21.9. The molecule has 32 heavy (non-hydrogen) atoms. The highest BCUT2D eigenvalue weighted by Crippen LogP contribution is 2.41. The zero-order valence-corrected chi connectivity index (χ0v) is 18.2. The fourth-order valence-electron chi connectivity index (χ4n) is 4.51. The van der Waals surface area contributed by atoms with Crippen LogP contribution in [-0.4, -0.2) is 36.2 Å². The average molecular weight is 430 g/mol. The molecule has 0 saturated carbocycles. The quantitative estimate of drug-likeness (QED) is 0.541. The van der Waals surface area contributed by atoms with Gasteiger partial charge in [0.15, 0.2) is 5.76 Å². The summed E-state index contributed by atoms with van der Waals surface area (Å²) in [7, 11) is 1.64. The summed E-state index contributed by atoms with van der Waals surface area (Å²) in [6, 6.07) is 11.4. The molecular weight excluding hydrogens is 402 g/mol. The molecule has 0 bridgehead atoms. The highest BCUT2D eigenvalue weighted by molar-refractivity contribution is 6.15. The molecule has 164 valence electrons. The summed E-state index contributed by atoms with van der Waals surface area (Å²) >= 11 is 0. The molecule has 2 N–H and O–H groups in total. The van der Waals surface area contributed by atoms with Gasteiger partial charge in [-0.1, -0.05) is 30.4 Å². The van der Waals surface area contributed by atoms with Crippen LogP contribution in [-0.2, 0) is 0 Å². The topological polar surface area (TPSA) is 76.2 Å². The van der Waals surface area contributed by atoms with Gasteiger partial charge in [-0.2, -0.15) is 5.10 Å². The second kappa shape index (κ2) is 9.01. The molecule has 1 fully saturated rings. The number of ether oxygens (including phenoxy) is 2. The second-order valence-electron chi connectivity index (χ2n) is 8.33. The van der Waals surface area contributed by atoms with E-state index in [0.717, 1.165) is 41.9 Å². The van der Waals surface area contributed by atoms with Gasteiger partial charge in [0.25, 0.3) is 0 Å². The monoisotopic (exact) mass is 429 g/mol. The Hall–Kier alpha value is -3.38. The lowest BCUT2D eigenvalue weighted by Gasteiger charge is -2.21. The van der Waals surface area contributed by atoms with Crippen molar-refractivity contribution in [3.05, 3.63) is 65.1 Å². The number of H-pyrrole nitrogens is 1. The number of methoxy groups -OCH3 is 1. The van der Waals surface area contributed by atoms with E-state index in [1.165, 1.54) is 19.3 Å².